The Morgan fingerprint density at radius 3 is 2.65 bits per heavy atom. The zero-order valence-corrected chi connectivity index (χ0v) is 28.6. The summed E-state index contributed by atoms with van der Waals surface area (Å²) in [7, 11) is 1.51. The van der Waals surface area contributed by atoms with Crippen molar-refractivity contribution in [1.29, 1.82) is 0 Å². The number of nitrogens with one attached hydrogen (secondary N) is 1. The third-order valence-corrected chi connectivity index (χ3v) is 10.2. The number of hydrogen-bond acceptors (Lipinski definition) is 9. The Kier molecular flexibility index (Phi) is 9.99. The van der Waals surface area contributed by atoms with Crippen LogP contribution in [0, 0.1) is 0 Å². The van der Waals surface area contributed by atoms with E-state index in [9.17, 15) is 24.6 Å². The van der Waals surface area contributed by atoms with Crippen LogP contribution in [0.4, 0.5) is 0 Å². The first-order chi connectivity index (χ1) is 23.7. The molecule has 0 radical (unpaired) electrons. The predicted molar refractivity (Wildman–Crippen MR) is 184 cm³/mol. The normalized spacial score (nSPS) is 21.5. The van der Waals surface area contributed by atoms with Gasteiger partial charge in [-0.2, -0.15) is 0 Å². The monoisotopic (exact) mass is 671 g/mol. The van der Waals surface area contributed by atoms with Crippen molar-refractivity contribution in [2.24, 2.45) is 0 Å². The molecule has 2 aliphatic heterocycles. The van der Waals surface area contributed by atoms with E-state index in [0.717, 1.165) is 47.7 Å². The van der Waals surface area contributed by atoms with Crippen molar-refractivity contribution in [3.05, 3.63) is 69.6 Å². The summed E-state index contributed by atoms with van der Waals surface area (Å²) in [4.78, 5) is 43.0. The van der Waals surface area contributed by atoms with Crippen molar-refractivity contribution in [2.75, 3.05) is 13.7 Å². The highest BCUT2D eigenvalue weighted by Crippen LogP contribution is 2.56. The minimum Gasteiger partial charge on any atom is -0.496 e. The van der Waals surface area contributed by atoms with Crippen molar-refractivity contribution in [3.63, 3.8) is 0 Å². The number of fused-ring (bicyclic) bond motifs is 3. The number of hydrogen-bond donors (Lipinski definition) is 3. The van der Waals surface area contributed by atoms with Gasteiger partial charge in [-0.15, -0.1) is 0 Å². The van der Waals surface area contributed by atoms with E-state index in [1.165, 1.54) is 7.11 Å². The van der Waals surface area contributed by atoms with Gasteiger partial charge < -0.3 is 34.1 Å². The third kappa shape index (κ3) is 6.28. The van der Waals surface area contributed by atoms with Gasteiger partial charge in [-0.25, -0.2) is 4.79 Å². The molecule has 3 unspecified atom stereocenters. The number of ketones is 1. The molecule has 260 valence electrons. The second-order valence-electron chi connectivity index (χ2n) is 13.4. The van der Waals surface area contributed by atoms with Gasteiger partial charge in [0.1, 0.15) is 29.1 Å². The van der Waals surface area contributed by atoms with Crippen LogP contribution in [0.5, 0.6) is 17.2 Å². The molecule has 3 aliphatic rings. The van der Waals surface area contributed by atoms with Crippen molar-refractivity contribution >= 4 is 34.5 Å². The first kappa shape index (κ1) is 34.5. The van der Waals surface area contributed by atoms with Crippen LogP contribution in [0.3, 0.4) is 0 Å². The van der Waals surface area contributed by atoms with E-state index in [1.54, 1.807) is 13.8 Å². The molecule has 6 rings (SSSR count). The van der Waals surface area contributed by atoms with Gasteiger partial charge in [0.2, 0.25) is 5.76 Å². The van der Waals surface area contributed by atoms with Crippen LogP contribution in [-0.4, -0.2) is 58.7 Å². The SMILES string of the molecule is CCCCCCC(C)(O)C1Cc2c(c(CO)c3c(c2OC)C(=C2CCC(=O)C(c4ccc5[nH]ccc5c4)C2)C(C=O)=C(C(=O)OCC)O3)O1. The average Bonchev–Trinajstić information content (AvgIpc) is 3.76. The van der Waals surface area contributed by atoms with Gasteiger partial charge in [-0.05, 0) is 62.3 Å². The molecule has 3 aromatic rings. The number of rotatable bonds is 12. The minimum absolute atomic E-state index is 0.00402. The Morgan fingerprint density at radius 1 is 1.12 bits per heavy atom. The summed E-state index contributed by atoms with van der Waals surface area (Å²) < 4.78 is 24.1. The van der Waals surface area contributed by atoms with Gasteiger partial charge in [0.25, 0.3) is 0 Å². The number of Topliss-reactive ketones (excluding diaryl/α,β-unsaturated/α-hetero) is 1. The Morgan fingerprint density at radius 2 is 1.94 bits per heavy atom. The van der Waals surface area contributed by atoms with Crippen LogP contribution in [0.2, 0.25) is 0 Å². The third-order valence-electron chi connectivity index (χ3n) is 10.2. The second kappa shape index (κ2) is 14.2. The summed E-state index contributed by atoms with van der Waals surface area (Å²) in [5.74, 6) is -0.694. The first-order valence-electron chi connectivity index (χ1n) is 17.3. The molecule has 1 fully saturated rings. The van der Waals surface area contributed by atoms with Gasteiger partial charge in [0, 0.05) is 41.6 Å². The van der Waals surface area contributed by atoms with Crippen LogP contribution in [-0.2, 0) is 32.1 Å². The van der Waals surface area contributed by atoms with E-state index in [4.69, 9.17) is 18.9 Å². The smallest absolute Gasteiger partial charge is 0.375 e. The lowest BCUT2D eigenvalue weighted by molar-refractivity contribution is -0.141. The summed E-state index contributed by atoms with van der Waals surface area (Å²) in [6.45, 7) is 5.10. The van der Waals surface area contributed by atoms with Crippen LogP contribution in [0.1, 0.15) is 100 Å². The Hall–Kier alpha value is -4.41. The van der Waals surface area contributed by atoms with Crippen LogP contribution >= 0.6 is 0 Å². The Bertz CT molecular complexity index is 1850. The van der Waals surface area contributed by atoms with Crippen molar-refractivity contribution in [1.82, 2.24) is 4.98 Å². The predicted octanol–water partition coefficient (Wildman–Crippen LogP) is 6.39. The van der Waals surface area contributed by atoms with E-state index in [-0.39, 0.29) is 41.5 Å². The molecular formula is C39H45NO9. The molecule has 10 nitrogen and oxygen atoms in total. The Balaban J connectivity index is 1.52. The number of unbranched alkanes of at least 4 members (excludes halogenated alkanes) is 3. The molecule has 10 heteroatoms. The number of aromatic nitrogens is 1. The highest BCUT2D eigenvalue weighted by molar-refractivity contribution is 6.11. The number of aromatic amines is 1. The largest absolute Gasteiger partial charge is 0.496 e. The van der Waals surface area contributed by atoms with Gasteiger partial charge in [-0.1, -0.05) is 44.2 Å². The lowest BCUT2D eigenvalue weighted by atomic mass is 9.75. The molecule has 0 bridgehead atoms. The van der Waals surface area contributed by atoms with Crippen molar-refractivity contribution < 1.29 is 43.5 Å². The maximum Gasteiger partial charge on any atom is 0.375 e. The van der Waals surface area contributed by atoms with Crippen molar-refractivity contribution in [3.8, 4) is 17.2 Å². The van der Waals surface area contributed by atoms with Crippen molar-refractivity contribution in [2.45, 2.75) is 103 Å². The molecule has 0 saturated heterocycles. The molecule has 3 heterocycles. The average molecular weight is 672 g/mol. The number of aldehydes is 1. The van der Waals surface area contributed by atoms with Gasteiger partial charge in [-0.3, -0.25) is 9.59 Å². The molecule has 0 spiro atoms. The molecule has 3 atom stereocenters. The molecule has 0 amide bonds. The molecule has 2 aromatic carbocycles. The fourth-order valence-electron chi connectivity index (χ4n) is 7.58. The summed E-state index contributed by atoms with van der Waals surface area (Å²) in [5, 5.41) is 23.4. The van der Waals surface area contributed by atoms with Crippen LogP contribution in [0.15, 0.2) is 47.4 Å². The zero-order chi connectivity index (χ0) is 34.9. The molecule has 1 saturated carbocycles. The summed E-state index contributed by atoms with van der Waals surface area (Å²) >= 11 is 0. The van der Waals surface area contributed by atoms with E-state index in [2.05, 4.69) is 11.9 Å². The molecule has 3 N–H and O–H groups in total. The van der Waals surface area contributed by atoms with Gasteiger partial charge in [0.15, 0.2) is 6.29 Å². The molecule has 1 aliphatic carbocycles. The lowest BCUT2D eigenvalue weighted by Crippen LogP contribution is -2.42. The molecule has 49 heavy (non-hydrogen) atoms. The fraction of sp³-hybridized carbons (Fsp3) is 0.462. The summed E-state index contributed by atoms with van der Waals surface area (Å²) in [6, 6.07) is 7.85. The molecular weight excluding hydrogens is 626 g/mol. The van der Waals surface area contributed by atoms with Gasteiger partial charge >= 0.3 is 5.97 Å². The maximum atomic E-state index is 13.5. The number of methoxy groups -OCH3 is 1. The topological polar surface area (TPSA) is 144 Å². The second-order valence-corrected chi connectivity index (χ2v) is 13.4. The number of carbonyl (C=O) groups excluding carboxylic acids is 3. The number of carbonyl (C=O) groups is 3. The highest BCUT2D eigenvalue weighted by atomic mass is 16.6. The summed E-state index contributed by atoms with van der Waals surface area (Å²) in [5.41, 5.74) is 3.19. The number of aliphatic hydroxyl groups is 2. The number of esters is 1. The van der Waals surface area contributed by atoms with Crippen LogP contribution in [0.25, 0.3) is 16.5 Å². The maximum absolute atomic E-state index is 13.5. The van der Waals surface area contributed by atoms with E-state index < -0.39 is 30.2 Å². The summed E-state index contributed by atoms with van der Waals surface area (Å²) in [6.07, 6.45) is 7.51. The minimum atomic E-state index is -1.17. The fourth-order valence-corrected chi connectivity index (χ4v) is 7.58. The number of H-pyrrole nitrogens is 1. The quantitative estimate of drug-likeness (QED) is 0.113. The molecule has 1 aromatic heterocycles. The van der Waals surface area contributed by atoms with Gasteiger partial charge in [0.05, 0.1) is 42.6 Å². The van der Waals surface area contributed by atoms with E-state index in [0.29, 0.717) is 60.2 Å². The van der Waals surface area contributed by atoms with E-state index >= 15 is 0 Å². The zero-order valence-electron chi connectivity index (χ0n) is 28.6. The first-order valence-corrected chi connectivity index (χ1v) is 17.3. The lowest BCUT2D eigenvalue weighted by Gasteiger charge is -2.32. The van der Waals surface area contributed by atoms with Crippen LogP contribution < -0.4 is 14.2 Å². The standard InChI is InChI=1S/C39H45NO9/c1-5-7-8-9-15-39(3,45)31-19-26-34(48-31)28(21-42)36-33(35(26)46-4)32(27(20-41)37(49-36)38(44)47-6-2)24-11-13-30(43)25(18-24)22-10-12-29-23(17-22)14-16-40-29/h10,12,14,16-17,20,25,31,40,42,45H,5-9,11,13,15,18-19,21H2,1-4H3. The number of allylic oxidation sites excluding steroid dienone is 3. The number of ether oxygens (including phenoxy) is 4. The van der Waals surface area contributed by atoms with E-state index in [1.807, 2.05) is 30.5 Å². The Labute approximate surface area is 286 Å². The number of aliphatic hydroxyl groups excluding tert-OH is 1. The highest BCUT2D eigenvalue weighted by Gasteiger charge is 2.45. The number of benzene rings is 2.